The molecular weight excluding hydrogens is 270 g/mol. The average Bonchev–Trinajstić information content (AvgIpc) is 2.93. The molecule has 0 aliphatic heterocycles. The van der Waals surface area contributed by atoms with Gasteiger partial charge in [-0.2, -0.15) is 0 Å². The Balaban J connectivity index is 1.65. The fourth-order valence-corrected chi connectivity index (χ4v) is 3.31. The summed E-state index contributed by atoms with van der Waals surface area (Å²) in [6, 6.07) is 10.1. The second kappa shape index (κ2) is 5.67. The van der Waals surface area contributed by atoms with E-state index < -0.39 is 5.97 Å². The number of aryl methyl sites for hydroxylation is 2. The van der Waals surface area contributed by atoms with Gasteiger partial charge in [-0.15, -0.1) is 11.8 Å². The van der Waals surface area contributed by atoms with Crippen LogP contribution in [0.2, 0.25) is 0 Å². The molecule has 0 radical (unpaired) electrons. The molecule has 1 aliphatic carbocycles. The van der Waals surface area contributed by atoms with Gasteiger partial charge in [0.15, 0.2) is 0 Å². The first-order valence-electron chi connectivity index (χ1n) is 6.65. The summed E-state index contributed by atoms with van der Waals surface area (Å²) in [7, 11) is 0. The fourth-order valence-electron chi connectivity index (χ4n) is 2.43. The number of fused-ring (bicyclic) bond motifs is 1. The number of aromatic carboxylic acids is 1. The molecule has 1 aromatic heterocycles. The van der Waals surface area contributed by atoms with Crippen molar-refractivity contribution in [1.29, 1.82) is 0 Å². The number of pyridine rings is 1. The van der Waals surface area contributed by atoms with Crippen LogP contribution in [0.4, 0.5) is 0 Å². The first kappa shape index (κ1) is 13.2. The minimum Gasteiger partial charge on any atom is -0.478 e. The predicted octanol–water partition coefficient (Wildman–Crippen LogP) is 3.56. The van der Waals surface area contributed by atoms with Crippen LogP contribution in [0.5, 0.6) is 0 Å². The van der Waals surface area contributed by atoms with Crippen LogP contribution in [0.1, 0.15) is 33.6 Å². The lowest BCUT2D eigenvalue weighted by Crippen LogP contribution is -1.98. The quantitative estimate of drug-likeness (QED) is 0.873. The van der Waals surface area contributed by atoms with Gasteiger partial charge in [-0.3, -0.25) is 4.98 Å². The number of aromatic nitrogens is 1. The highest BCUT2D eigenvalue weighted by atomic mass is 32.2. The van der Waals surface area contributed by atoms with Gasteiger partial charge in [0.05, 0.1) is 11.3 Å². The van der Waals surface area contributed by atoms with Crippen molar-refractivity contribution in [2.75, 3.05) is 0 Å². The van der Waals surface area contributed by atoms with E-state index >= 15 is 0 Å². The lowest BCUT2D eigenvalue weighted by atomic mass is 10.1. The minimum absolute atomic E-state index is 0.233. The minimum atomic E-state index is -0.935. The molecule has 0 atom stereocenters. The van der Waals surface area contributed by atoms with Crippen molar-refractivity contribution in [3.8, 4) is 0 Å². The van der Waals surface area contributed by atoms with E-state index in [4.69, 9.17) is 5.11 Å². The number of benzene rings is 1. The van der Waals surface area contributed by atoms with Crippen molar-refractivity contribution >= 4 is 17.7 Å². The van der Waals surface area contributed by atoms with E-state index in [2.05, 4.69) is 23.2 Å². The molecule has 3 rings (SSSR count). The van der Waals surface area contributed by atoms with Gasteiger partial charge >= 0.3 is 5.97 Å². The maximum absolute atomic E-state index is 10.8. The van der Waals surface area contributed by atoms with Crippen LogP contribution in [0.3, 0.4) is 0 Å². The summed E-state index contributed by atoms with van der Waals surface area (Å²) in [5.41, 5.74) is 4.10. The Kier molecular flexibility index (Phi) is 3.74. The first-order valence-corrected chi connectivity index (χ1v) is 7.64. The van der Waals surface area contributed by atoms with Gasteiger partial charge in [-0.05, 0) is 54.7 Å². The Morgan fingerprint density at radius 1 is 1.20 bits per heavy atom. The molecule has 2 aromatic rings. The van der Waals surface area contributed by atoms with Crippen LogP contribution in [0, 0.1) is 0 Å². The summed E-state index contributed by atoms with van der Waals surface area (Å²) >= 11 is 1.74. The molecular formula is C16H15NO2S. The van der Waals surface area contributed by atoms with Gasteiger partial charge in [0.1, 0.15) is 0 Å². The van der Waals surface area contributed by atoms with Crippen molar-refractivity contribution in [1.82, 2.24) is 4.98 Å². The van der Waals surface area contributed by atoms with E-state index in [0.29, 0.717) is 0 Å². The van der Waals surface area contributed by atoms with Crippen LogP contribution in [-0.2, 0) is 18.6 Å². The summed E-state index contributed by atoms with van der Waals surface area (Å²) in [4.78, 5) is 16.2. The van der Waals surface area contributed by atoms with Gasteiger partial charge in [0.2, 0.25) is 0 Å². The summed E-state index contributed by atoms with van der Waals surface area (Å²) in [5.74, 6) is -0.172. The number of hydrogen-bond acceptors (Lipinski definition) is 3. The fraction of sp³-hybridized carbons (Fsp3) is 0.250. The molecule has 0 fully saturated rings. The summed E-state index contributed by atoms with van der Waals surface area (Å²) in [5, 5.41) is 8.83. The van der Waals surface area contributed by atoms with Gasteiger partial charge in [0, 0.05) is 16.8 Å². The molecule has 0 spiro atoms. The second-order valence-corrected chi connectivity index (χ2v) is 5.96. The summed E-state index contributed by atoms with van der Waals surface area (Å²) in [6.45, 7) is 0. The smallest absolute Gasteiger partial charge is 0.337 e. The number of hydrogen-bond donors (Lipinski definition) is 1. The largest absolute Gasteiger partial charge is 0.478 e. The zero-order valence-electron chi connectivity index (χ0n) is 11.0. The lowest BCUT2D eigenvalue weighted by molar-refractivity contribution is 0.0696. The lowest BCUT2D eigenvalue weighted by Gasteiger charge is -2.05. The van der Waals surface area contributed by atoms with E-state index in [0.717, 1.165) is 11.4 Å². The normalized spacial score (nSPS) is 13.2. The molecule has 0 bridgehead atoms. The monoisotopic (exact) mass is 285 g/mol. The molecule has 1 heterocycles. The zero-order chi connectivity index (χ0) is 13.9. The molecule has 1 aromatic carbocycles. The number of rotatable bonds is 4. The average molecular weight is 285 g/mol. The first-order chi connectivity index (χ1) is 9.72. The highest BCUT2D eigenvalue weighted by molar-refractivity contribution is 7.98. The third kappa shape index (κ3) is 2.85. The van der Waals surface area contributed by atoms with Gasteiger partial charge in [0.25, 0.3) is 0 Å². The van der Waals surface area contributed by atoms with Crippen LogP contribution in [0.25, 0.3) is 0 Å². The van der Waals surface area contributed by atoms with E-state index in [1.165, 1.54) is 41.5 Å². The van der Waals surface area contributed by atoms with Gasteiger partial charge in [-0.1, -0.05) is 6.07 Å². The molecule has 1 N–H and O–H groups in total. The number of nitrogens with zero attached hydrogens (tertiary/aromatic N) is 1. The Labute approximate surface area is 122 Å². The topological polar surface area (TPSA) is 50.2 Å². The number of thioether (sulfide) groups is 1. The van der Waals surface area contributed by atoms with Crippen molar-refractivity contribution in [3.63, 3.8) is 0 Å². The van der Waals surface area contributed by atoms with E-state index in [9.17, 15) is 4.79 Å². The van der Waals surface area contributed by atoms with Crippen molar-refractivity contribution in [3.05, 3.63) is 58.9 Å². The van der Waals surface area contributed by atoms with E-state index in [1.54, 1.807) is 23.9 Å². The Morgan fingerprint density at radius 2 is 2.05 bits per heavy atom. The van der Waals surface area contributed by atoms with Crippen molar-refractivity contribution in [2.24, 2.45) is 0 Å². The number of carboxylic acid groups (broad SMARTS) is 1. The van der Waals surface area contributed by atoms with Crippen LogP contribution < -0.4 is 0 Å². The highest BCUT2D eigenvalue weighted by Crippen LogP contribution is 2.29. The number of carbonyl (C=O) groups is 1. The SMILES string of the molecule is O=C(O)c1ccc(CSc2ccc3c(c2)CCC3)nc1. The maximum atomic E-state index is 10.8. The van der Waals surface area contributed by atoms with E-state index in [-0.39, 0.29) is 5.56 Å². The molecule has 20 heavy (non-hydrogen) atoms. The third-order valence-corrected chi connectivity index (χ3v) is 4.56. The summed E-state index contributed by atoms with van der Waals surface area (Å²) < 4.78 is 0. The van der Waals surface area contributed by atoms with Gasteiger partial charge in [-0.25, -0.2) is 4.79 Å². The molecule has 0 unspecified atom stereocenters. The molecule has 4 heteroatoms. The number of carboxylic acids is 1. The zero-order valence-corrected chi connectivity index (χ0v) is 11.8. The Morgan fingerprint density at radius 3 is 2.80 bits per heavy atom. The van der Waals surface area contributed by atoms with Crippen LogP contribution in [-0.4, -0.2) is 16.1 Å². The predicted molar refractivity (Wildman–Crippen MR) is 79.2 cm³/mol. The van der Waals surface area contributed by atoms with Crippen LogP contribution >= 0.6 is 11.8 Å². The molecule has 1 aliphatic rings. The molecule has 0 saturated heterocycles. The van der Waals surface area contributed by atoms with Crippen LogP contribution in [0.15, 0.2) is 41.4 Å². The molecule has 102 valence electrons. The Hall–Kier alpha value is -1.81. The Bertz CT molecular complexity index is 637. The van der Waals surface area contributed by atoms with Crippen molar-refractivity contribution in [2.45, 2.75) is 29.9 Å². The maximum Gasteiger partial charge on any atom is 0.337 e. The second-order valence-electron chi connectivity index (χ2n) is 4.92. The molecule has 0 saturated carbocycles. The van der Waals surface area contributed by atoms with Gasteiger partial charge < -0.3 is 5.11 Å². The highest BCUT2D eigenvalue weighted by Gasteiger charge is 2.11. The molecule has 0 amide bonds. The standard InChI is InChI=1S/C16H15NO2S/c18-16(19)13-4-6-14(17-9-13)10-20-15-7-5-11-2-1-3-12(11)8-15/h4-9H,1-3,10H2,(H,18,19). The molecule has 3 nitrogen and oxygen atoms in total. The van der Waals surface area contributed by atoms with Crippen molar-refractivity contribution < 1.29 is 9.90 Å². The van der Waals surface area contributed by atoms with E-state index in [1.807, 2.05) is 0 Å². The third-order valence-electron chi connectivity index (χ3n) is 3.53. The summed E-state index contributed by atoms with van der Waals surface area (Å²) in [6.07, 6.45) is 5.08.